The van der Waals surface area contributed by atoms with Crippen LogP contribution < -0.4 is 9.88 Å². The quantitative estimate of drug-likeness (QED) is 0.894. The number of nitrogens with two attached hydrogens (primary N) is 1. The molecule has 0 aromatic heterocycles. The lowest BCUT2D eigenvalue weighted by Crippen LogP contribution is -2.11. The average Bonchev–Trinajstić information content (AvgIpc) is 2.38. The van der Waals surface area contributed by atoms with Crippen LogP contribution in [0.4, 0.5) is 0 Å². The number of hydrogen-bond donors (Lipinski definition) is 2. The molecule has 2 aromatic carbocycles. The summed E-state index contributed by atoms with van der Waals surface area (Å²) >= 11 is 0. The van der Waals surface area contributed by atoms with E-state index in [-0.39, 0.29) is 10.5 Å². The third kappa shape index (κ3) is 3.34. The molecule has 0 aliphatic heterocycles. The van der Waals surface area contributed by atoms with Crippen molar-refractivity contribution in [3.8, 4) is 11.5 Å². The van der Waals surface area contributed by atoms with Crippen LogP contribution in [-0.2, 0) is 10.0 Å². The predicted octanol–water partition coefficient (Wildman–Crippen LogP) is 1.82. The van der Waals surface area contributed by atoms with Gasteiger partial charge in [-0.2, -0.15) is 0 Å². The Hall–Kier alpha value is -2.38. The topological polar surface area (TPSA) is 107 Å². The molecule has 0 saturated heterocycles. The molecule has 0 aliphatic carbocycles. The maximum atomic E-state index is 11.1. The molecule has 0 radical (unpaired) electrons. The van der Waals surface area contributed by atoms with E-state index < -0.39 is 16.0 Å². The molecule has 0 bridgehead atoms. The summed E-state index contributed by atoms with van der Waals surface area (Å²) in [6.45, 7) is 0. The second-order valence-corrected chi connectivity index (χ2v) is 5.51. The van der Waals surface area contributed by atoms with E-state index in [0.29, 0.717) is 11.5 Å². The van der Waals surface area contributed by atoms with Gasteiger partial charge in [0.05, 0.1) is 10.5 Å². The van der Waals surface area contributed by atoms with E-state index in [4.69, 9.17) is 15.0 Å². The van der Waals surface area contributed by atoms with Crippen LogP contribution in [0.5, 0.6) is 11.5 Å². The largest absolute Gasteiger partial charge is 0.478 e. The van der Waals surface area contributed by atoms with Gasteiger partial charge in [-0.05, 0) is 42.5 Å². The monoisotopic (exact) mass is 293 g/mol. The van der Waals surface area contributed by atoms with Gasteiger partial charge in [-0.25, -0.2) is 18.4 Å². The van der Waals surface area contributed by atoms with Gasteiger partial charge in [0.25, 0.3) is 0 Å². The van der Waals surface area contributed by atoms with Crippen LogP contribution in [0.25, 0.3) is 0 Å². The average molecular weight is 293 g/mol. The molecule has 0 atom stereocenters. The van der Waals surface area contributed by atoms with E-state index >= 15 is 0 Å². The Morgan fingerprint density at radius 1 is 1.05 bits per heavy atom. The lowest BCUT2D eigenvalue weighted by atomic mass is 10.2. The van der Waals surface area contributed by atoms with Crippen LogP contribution in [0.2, 0.25) is 0 Å². The van der Waals surface area contributed by atoms with Crippen molar-refractivity contribution in [3.63, 3.8) is 0 Å². The summed E-state index contributed by atoms with van der Waals surface area (Å²) in [5.74, 6) is -0.340. The van der Waals surface area contributed by atoms with Crippen molar-refractivity contribution in [2.75, 3.05) is 0 Å². The third-order valence-corrected chi connectivity index (χ3v) is 3.40. The highest BCUT2D eigenvalue weighted by molar-refractivity contribution is 7.89. The zero-order chi connectivity index (χ0) is 14.8. The highest BCUT2D eigenvalue weighted by Crippen LogP contribution is 2.23. The van der Waals surface area contributed by atoms with Gasteiger partial charge in [-0.3, -0.25) is 0 Å². The van der Waals surface area contributed by atoms with Crippen molar-refractivity contribution in [1.82, 2.24) is 0 Å². The van der Waals surface area contributed by atoms with E-state index in [0.717, 1.165) is 0 Å². The summed E-state index contributed by atoms with van der Waals surface area (Å²) in [6, 6.07) is 11.5. The molecule has 2 rings (SSSR count). The SMILES string of the molecule is NS(=O)(=O)c1ccc(Oc2cccc(C(=O)O)c2)cc1. The zero-order valence-electron chi connectivity index (χ0n) is 10.2. The Morgan fingerprint density at radius 3 is 2.25 bits per heavy atom. The van der Waals surface area contributed by atoms with Crippen molar-refractivity contribution >= 4 is 16.0 Å². The van der Waals surface area contributed by atoms with Crippen LogP contribution in [0.3, 0.4) is 0 Å². The number of hydrogen-bond acceptors (Lipinski definition) is 4. The summed E-state index contributed by atoms with van der Waals surface area (Å²) in [6.07, 6.45) is 0. The minimum Gasteiger partial charge on any atom is -0.478 e. The number of ether oxygens (including phenoxy) is 1. The molecule has 0 amide bonds. The van der Waals surface area contributed by atoms with Gasteiger partial charge >= 0.3 is 5.97 Å². The van der Waals surface area contributed by atoms with E-state index in [1.54, 1.807) is 12.1 Å². The van der Waals surface area contributed by atoms with E-state index in [9.17, 15) is 13.2 Å². The predicted molar refractivity (Wildman–Crippen MR) is 71.3 cm³/mol. The molecule has 0 fully saturated rings. The minimum absolute atomic E-state index is 0.0239. The lowest BCUT2D eigenvalue weighted by Gasteiger charge is -2.07. The second-order valence-electron chi connectivity index (χ2n) is 3.95. The molecule has 2 aromatic rings. The molecule has 104 valence electrons. The number of carboxylic acids is 1. The number of benzene rings is 2. The van der Waals surface area contributed by atoms with E-state index in [2.05, 4.69) is 0 Å². The summed E-state index contributed by atoms with van der Waals surface area (Å²) < 4.78 is 27.6. The maximum Gasteiger partial charge on any atom is 0.335 e. The van der Waals surface area contributed by atoms with Gasteiger partial charge in [-0.15, -0.1) is 0 Å². The van der Waals surface area contributed by atoms with Gasteiger partial charge in [0, 0.05) is 0 Å². The van der Waals surface area contributed by atoms with Gasteiger partial charge in [0.1, 0.15) is 11.5 Å². The number of primary sulfonamides is 1. The Morgan fingerprint density at radius 2 is 1.70 bits per heavy atom. The Kier molecular flexibility index (Phi) is 3.73. The second kappa shape index (κ2) is 5.32. The third-order valence-electron chi connectivity index (χ3n) is 2.47. The van der Waals surface area contributed by atoms with Gasteiger partial charge < -0.3 is 9.84 Å². The first-order chi connectivity index (χ1) is 9.36. The van der Waals surface area contributed by atoms with Gasteiger partial charge in [0.15, 0.2) is 0 Å². The van der Waals surface area contributed by atoms with Crippen LogP contribution in [0, 0.1) is 0 Å². The van der Waals surface area contributed by atoms with Crippen molar-refractivity contribution in [1.29, 1.82) is 0 Å². The molecule has 20 heavy (non-hydrogen) atoms. The van der Waals surface area contributed by atoms with Crippen molar-refractivity contribution in [2.45, 2.75) is 4.90 Å². The normalized spacial score (nSPS) is 11.1. The highest BCUT2D eigenvalue weighted by atomic mass is 32.2. The molecule has 0 unspecified atom stereocenters. The summed E-state index contributed by atoms with van der Waals surface area (Å²) in [5, 5.41) is 13.8. The minimum atomic E-state index is -3.74. The summed E-state index contributed by atoms with van der Waals surface area (Å²) in [4.78, 5) is 10.8. The first-order valence-corrected chi connectivity index (χ1v) is 7.05. The summed E-state index contributed by atoms with van der Waals surface area (Å²) in [5.41, 5.74) is 0.101. The number of carboxylic acid groups (broad SMARTS) is 1. The summed E-state index contributed by atoms with van der Waals surface area (Å²) in [7, 11) is -3.74. The first kappa shape index (κ1) is 14.0. The first-order valence-electron chi connectivity index (χ1n) is 5.50. The maximum absolute atomic E-state index is 11.1. The Bertz CT molecular complexity index is 738. The van der Waals surface area contributed by atoms with Gasteiger partial charge in [-0.1, -0.05) is 6.07 Å². The van der Waals surface area contributed by atoms with Crippen molar-refractivity contribution < 1.29 is 23.1 Å². The highest BCUT2D eigenvalue weighted by Gasteiger charge is 2.08. The fourth-order valence-corrected chi connectivity index (χ4v) is 2.04. The molecule has 0 heterocycles. The number of aromatic carboxylic acids is 1. The smallest absolute Gasteiger partial charge is 0.335 e. The van der Waals surface area contributed by atoms with Crippen molar-refractivity contribution in [2.24, 2.45) is 5.14 Å². The fourth-order valence-electron chi connectivity index (χ4n) is 1.53. The van der Waals surface area contributed by atoms with Crippen LogP contribution in [0.15, 0.2) is 53.4 Å². The molecular formula is C13H11NO5S. The Labute approximate surface area is 115 Å². The lowest BCUT2D eigenvalue weighted by molar-refractivity contribution is 0.0696. The van der Waals surface area contributed by atoms with Crippen LogP contribution >= 0.6 is 0 Å². The molecule has 0 aliphatic rings. The van der Waals surface area contributed by atoms with E-state index in [1.165, 1.54) is 36.4 Å². The number of rotatable bonds is 4. The van der Waals surface area contributed by atoms with E-state index in [1.807, 2.05) is 0 Å². The number of carbonyl (C=O) groups is 1. The number of sulfonamides is 1. The Balaban J connectivity index is 2.22. The molecule has 3 N–H and O–H groups in total. The van der Waals surface area contributed by atoms with Gasteiger partial charge in [0.2, 0.25) is 10.0 Å². The molecular weight excluding hydrogens is 282 g/mol. The van der Waals surface area contributed by atoms with Crippen molar-refractivity contribution in [3.05, 3.63) is 54.1 Å². The van der Waals surface area contributed by atoms with Crippen LogP contribution in [0.1, 0.15) is 10.4 Å². The molecule has 0 spiro atoms. The molecule has 6 nitrogen and oxygen atoms in total. The van der Waals surface area contributed by atoms with Crippen LogP contribution in [-0.4, -0.2) is 19.5 Å². The standard InChI is InChI=1S/C13H11NO5S/c14-20(17,18)12-6-4-10(5-7-12)19-11-3-1-2-9(8-11)13(15)16/h1-8H,(H,15,16)(H2,14,17,18). The fraction of sp³-hybridized carbons (Fsp3) is 0. The zero-order valence-corrected chi connectivity index (χ0v) is 11.0. The molecule has 7 heteroatoms. The molecule has 0 saturated carbocycles.